The molecule has 0 spiro atoms. The summed E-state index contributed by atoms with van der Waals surface area (Å²) in [7, 11) is 1.63. The lowest BCUT2D eigenvalue weighted by Gasteiger charge is -2.31. The first-order valence-corrected chi connectivity index (χ1v) is 8.19. The van der Waals surface area contributed by atoms with Gasteiger partial charge in [0, 0.05) is 7.11 Å². The van der Waals surface area contributed by atoms with Crippen LogP contribution in [-0.4, -0.2) is 21.5 Å². The minimum Gasteiger partial charge on any atom is -0.372 e. The van der Waals surface area contributed by atoms with Crippen LogP contribution in [0.1, 0.15) is 24.1 Å². The maximum Gasteiger partial charge on any atom is 0.352 e. The number of aromatic nitrogens is 3. The summed E-state index contributed by atoms with van der Waals surface area (Å²) in [5.41, 5.74) is 1.18. The van der Waals surface area contributed by atoms with Crippen molar-refractivity contribution in [2.45, 2.75) is 25.0 Å². The summed E-state index contributed by atoms with van der Waals surface area (Å²) < 4.78 is 8.36. The van der Waals surface area contributed by atoms with Crippen LogP contribution in [0.25, 0.3) is 5.69 Å². The average Bonchev–Trinajstić information content (AvgIpc) is 3.10. The van der Waals surface area contributed by atoms with Crippen molar-refractivity contribution in [3.63, 3.8) is 0 Å². The Morgan fingerprint density at radius 2 is 1.76 bits per heavy atom. The topological polar surface area (TPSA) is 69.0 Å². The molecule has 0 fully saturated rings. The highest BCUT2D eigenvalue weighted by Crippen LogP contribution is 2.45. The maximum atomic E-state index is 13.0. The Bertz CT molecular complexity index is 1030. The molecule has 4 rings (SSSR count). The zero-order valence-electron chi connectivity index (χ0n) is 14.1. The third-order valence-electron chi connectivity index (χ3n) is 5.17. The van der Waals surface area contributed by atoms with Gasteiger partial charge in [-0.3, -0.25) is 0 Å². The van der Waals surface area contributed by atoms with Gasteiger partial charge in [0.15, 0.2) is 0 Å². The molecule has 0 unspecified atom stereocenters. The molecule has 0 bridgehead atoms. The van der Waals surface area contributed by atoms with Crippen molar-refractivity contribution in [3.05, 3.63) is 86.7 Å². The highest BCUT2D eigenvalue weighted by atomic mass is 16.5. The summed E-state index contributed by atoms with van der Waals surface area (Å²) in [6, 6.07) is 16.6. The van der Waals surface area contributed by atoms with Gasteiger partial charge in [-0.15, -0.1) is 0 Å². The van der Waals surface area contributed by atoms with Crippen LogP contribution in [0, 0.1) is 0 Å². The van der Waals surface area contributed by atoms with Gasteiger partial charge in [-0.05, 0) is 36.6 Å². The molecule has 1 N–H and O–H groups in total. The molecule has 0 saturated heterocycles. The fourth-order valence-corrected chi connectivity index (χ4v) is 3.76. The van der Waals surface area contributed by atoms with E-state index in [1.54, 1.807) is 31.4 Å². The van der Waals surface area contributed by atoms with E-state index >= 15 is 0 Å². The van der Waals surface area contributed by atoms with E-state index in [4.69, 9.17) is 4.74 Å². The number of ether oxygens (including phenoxy) is 1. The highest BCUT2D eigenvalue weighted by molar-refractivity contribution is 5.39. The molecular weight excluding hydrogens is 318 g/mol. The largest absolute Gasteiger partial charge is 0.372 e. The predicted octanol–water partition coefficient (Wildman–Crippen LogP) is 1.99. The van der Waals surface area contributed by atoms with Crippen LogP contribution in [0.2, 0.25) is 0 Å². The maximum absolute atomic E-state index is 13.0. The molecule has 1 aliphatic rings. The number of fused-ring (bicyclic) bond motifs is 1. The number of benzene rings is 2. The Hall–Kier alpha value is -2.86. The molecule has 2 aromatic carbocycles. The second-order valence-corrected chi connectivity index (χ2v) is 6.43. The molecule has 0 amide bonds. The second kappa shape index (κ2) is 5.60. The first-order valence-electron chi connectivity index (χ1n) is 8.19. The lowest BCUT2D eigenvalue weighted by atomic mass is 9.95. The summed E-state index contributed by atoms with van der Waals surface area (Å²) >= 11 is 0. The van der Waals surface area contributed by atoms with Gasteiger partial charge in [0.1, 0.15) is 5.60 Å². The van der Waals surface area contributed by atoms with E-state index in [-0.39, 0.29) is 6.04 Å². The molecule has 0 saturated carbocycles. The standard InChI is InChI=1S/C19H19N3O3/c1-19(25-2)15-11-7-6-8-13(15)12-16(19)22-18(24)21(17(23)20-22)14-9-4-3-5-10-14/h3-11,16H,12H2,1-2H3,(H,20,23)/t16-,19+/m0/s1. The lowest BCUT2D eigenvalue weighted by Crippen LogP contribution is -2.38. The molecule has 0 radical (unpaired) electrons. The number of para-hydroxylation sites is 1. The predicted molar refractivity (Wildman–Crippen MR) is 94.2 cm³/mol. The molecule has 6 heteroatoms. The summed E-state index contributed by atoms with van der Waals surface area (Å²) in [5.74, 6) is 0. The van der Waals surface area contributed by atoms with Crippen molar-refractivity contribution >= 4 is 0 Å². The van der Waals surface area contributed by atoms with Crippen molar-refractivity contribution in [1.29, 1.82) is 0 Å². The third-order valence-corrected chi connectivity index (χ3v) is 5.17. The van der Waals surface area contributed by atoms with E-state index in [1.165, 1.54) is 4.68 Å². The number of aromatic amines is 1. The molecule has 1 aliphatic carbocycles. The average molecular weight is 337 g/mol. The Morgan fingerprint density at radius 3 is 2.48 bits per heavy atom. The van der Waals surface area contributed by atoms with Crippen LogP contribution in [0.4, 0.5) is 0 Å². The number of rotatable bonds is 3. The number of hydrogen-bond acceptors (Lipinski definition) is 3. The lowest BCUT2D eigenvalue weighted by molar-refractivity contribution is -0.0372. The molecule has 0 aliphatic heterocycles. The van der Waals surface area contributed by atoms with Crippen LogP contribution in [0.15, 0.2) is 64.2 Å². The van der Waals surface area contributed by atoms with Crippen LogP contribution in [0.3, 0.4) is 0 Å². The van der Waals surface area contributed by atoms with Gasteiger partial charge in [0.05, 0.1) is 11.7 Å². The number of nitrogens with one attached hydrogen (secondary N) is 1. The molecule has 128 valence electrons. The molecule has 25 heavy (non-hydrogen) atoms. The summed E-state index contributed by atoms with van der Waals surface area (Å²) in [4.78, 5) is 25.4. The fraction of sp³-hybridized carbons (Fsp3) is 0.263. The third kappa shape index (κ3) is 2.21. The molecule has 1 heterocycles. The molecule has 6 nitrogen and oxygen atoms in total. The van der Waals surface area contributed by atoms with Gasteiger partial charge in [-0.1, -0.05) is 42.5 Å². The van der Waals surface area contributed by atoms with Crippen molar-refractivity contribution < 1.29 is 4.74 Å². The van der Waals surface area contributed by atoms with Crippen LogP contribution >= 0.6 is 0 Å². The smallest absolute Gasteiger partial charge is 0.352 e. The van der Waals surface area contributed by atoms with E-state index in [0.29, 0.717) is 12.1 Å². The molecule has 2 atom stereocenters. The first kappa shape index (κ1) is 15.7. The Morgan fingerprint density at radius 1 is 1.08 bits per heavy atom. The zero-order chi connectivity index (χ0) is 17.6. The van der Waals surface area contributed by atoms with Gasteiger partial charge < -0.3 is 4.74 Å². The number of nitrogens with zero attached hydrogens (tertiary/aromatic N) is 2. The van der Waals surface area contributed by atoms with Crippen LogP contribution < -0.4 is 11.4 Å². The minimum absolute atomic E-state index is 0.319. The first-order chi connectivity index (χ1) is 12.1. The second-order valence-electron chi connectivity index (χ2n) is 6.43. The summed E-state index contributed by atoms with van der Waals surface area (Å²) in [6.07, 6.45) is 0.620. The van der Waals surface area contributed by atoms with Gasteiger partial charge >= 0.3 is 11.4 Å². The van der Waals surface area contributed by atoms with Crippen molar-refractivity contribution in [1.82, 2.24) is 14.3 Å². The van der Waals surface area contributed by atoms with Gasteiger partial charge in [0.25, 0.3) is 0 Å². The quantitative estimate of drug-likeness (QED) is 0.795. The monoisotopic (exact) mass is 337 g/mol. The number of H-pyrrole nitrogens is 1. The molecule has 3 aromatic rings. The number of methoxy groups -OCH3 is 1. The Kier molecular flexibility index (Phi) is 3.51. The van der Waals surface area contributed by atoms with E-state index < -0.39 is 17.0 Å². The highest BCUT2D eigenvalue weighted by Gasteiger charge is 2.46. The van der Waals surface area contributed by atoms with Gasteiger partial charge in [0.2, 0.25) is 0 Å². The summed E-state index contributed by atoms with van der Waals surface area (Å²) in [5, 5.41) is 2.71. The zero-order valence-corrected chi connectivity index (χ0v) is 14.1. The van der Waals surface area contributed by atoms with Crippen LogP contribution in [-0.2, 0) is 16.8 Å². The van der Waals surface area contributed by atoms with Gasteiger partial charge in [-0.25, -0.2) is 23.9 Å². The minimum atomic E-state index is -0.688. The normalized spacial score (nSPS) is 22.1. The van der Waals surface area contributed by atoms with E-state index in [1.807, 2.05) is 37.3 Å². The fourth-order valence-electron chi connectivity index (χ4n) is 3.76. The Labute approximate surface area is 144 Å². The summed E-state index contributed by atoms with van der Waals surface area (Å²) in [6.45, 7) is 1.95. The Balaban J connectivity index is 1.88. The van der Waals surface area contributed by atoms with Crippen molar-refractivity contribution in [3.8, 4) is 5.69 Å². The van der Waals surface area contributed by atoms with Crippen molar-refractivity contribution in [2.75, 3.05) is 7.11 Å². The van der Waals surface area contributed by atoms with E-state index in [0.717, 1.165) is 15.7 Å². The van der Waals surface area contributed by atoms with E-state index in [2.05, 4.69) is 5.10 Å². The van der Waals surface area contributed by atoms with Gasteiger partial charge in [-0.2, -0.15) is 0 Å². The number of hydrogen-bond donors (Lipinski definition) is 1. The molecular formula is C19H19N3O3. The SMILES string of the molecule is CO[C@]1(C)c2ccccc2C[C@@H]1n1[nH]c(=O)n(-c2ccccc2)c1=O. The van der Waals surface area contributed by atoms with Crippen molar-refractivity contribution in [2.24, 2.45) is 0 Å². The van der Waals surface area contributed by atoms with Crippen LogP contribution in [0.5, 0.6) is 0 Å². The van der Waals surface area contributed by atoms with E-state index in [9.17, 15) is 9.59 Å². The molecule has 1 aromatic heterocycles.